The van der Waals surface area contributed by atoms with Crippen LogP contribution in [0.5, 0.6) is 0 Å². The van der Waals surface area contributed by atoms with Crippen molar-refractivity contribution in [1.82, 2.24) is 0 Å². The summed E-state index contributed by atoms with van der Waals surface area (Å²) in [6.45, 7) is 32.0. The summed E-state index contributed by atoms with van der Waals surface area (Å²) in [6.07, 6.45) is 8.27. The molecule has 0 aromatic carbocycles. The number of cyclic esters (lactones) is 1. The van der Waals surface area contributed by atoms with Crippen LogP contribution < -0.4 is 0 Å². The molecule has 0 amide bonds. The van der Waals surface area contributed by atoms with E-state index in [0.29, 0.717) is 6.42 Å². The highest BCUT2D eigenvalue weighted by atomic mass is 28.4. The molecule has 12 atom stereocenters. The average Bonchev–Trinajstić information content (AvgIpc) is 3.05. The maximum atomic E-state index is 13.9. The largest absolute Gasteiger partial charge is 0.490 e. The van der Waals surface area contributed by atoms with Gasteiger partial charge in [0.25, 0.3) is 0 Å². The molecule has 306 valence electrons. The van der Waals surface area contributed by atoms with Crippen molar-refractivity contribution in [3.05, 3.63) is 47.3 Å². The van der Waals surface area contributed by atoms with Gasteiger partial charge in [-0.1, -0.05) is 83.9 Å². The summed E-state index contributed by atoms with van der Waals surface area (Å²) in [5, 5.41) is 12.3. The number of esters is 1. The lowest BCUT2D eigenvalue weighted by Crippen LogP contribution is -2.61. The van der Waals surface area contributed by atoms with Crippen LogP contribution in [0.3, 0.4) is 0 Å². The highest BCUT2D eigenvalue weighted by Gasteiger charge is 2.54. The Morgan fingerprint density at radius 2 is 1.53 bits per heavy atom. The average molecular weight is 781 g/mol. The second kappa shape index (κ2) is 20.0. The van der Waals surface area contributed by atoms with Gasteiger partial charge >= 0.3 is 5.97 Å². The van der Waals surface area contributed by atoms with Gasteiger partial charge in [0.1, 0.15) is 12.2 Å². The summed E-state index contributed by atoms with van der Waals surface area (Å²) in [6, 6.07) is 0. The second-order valence-corrected chi connectivity index (χ2v) is 27.1. The van der Waals surface area contributed by atoms with Gasteiger partial charge < -0.3 is 37.6 Å². The molecule has 1 N–H and O–H groups in total. The van der Waals surface area contributed by atoms with E-state index in [0.717, 1.165) is 12.0 Å². The van der Waals surface area contributed by atoms with Crippen LogP contribution >= 0.6 is 0 Å². The Labute approximate surface area is 325 Å². The summed E-state index contributed by atoms with van der Waals surface area (Å²) in [5.74, 6) is -2.17. The van der Waals surface area contributed by atoms with Gasteiger partial charge in [-0.05, 0) is 83.4 Å². The Hall–Kier alpha value is -1.58. The summed E-state index contributed by atoms with van der Waals surface area (Å²) < 4.78 is 44.5. The normalized spacial score (nSPS) is 36.9. The lowest BCUT2D eigenvalue weighted by molar-refractivity contribution is -0.337. The van der Waals surface area contributed by atoms with Gasteiger partial charge in [0.05, 0.1) is 31.5 Å². The van der Waals surface area contributed by atoms with E-state index in [1.54, 1.807) is 20.3 Å². The number of hydrogen-bond donors (Lipinski definition) is 1. The Morgan fingerprint density at radius 3 is 2.04 bits per heavy atom. The third-order valence-electron chi connectivity index (χ3n) is 10.7. The van der Waals surface area contributed by atoms with Gasteiger partial charge in [-0.2, -0.15) is 0 Å². The number of ether oxygens (including phenoxy) is 5. The number of carbonyl (C=O) groups excluding carboxylic acids is 1. The third kappa shape index (κ3) is 13.5. The molecule has 0 bridgehead atoms. The first kappa shape index (κ1) is 47.6. The lowest BCUT2D eigenvalue weighted by atomic mass is 9.76. The molecule has 0 aliphatic carbocycles. The minimum absolute atomic E-state index is 0.00331. The molecule has 9 nitrogen and oxygen atoms in total. The zero-order valence-corrected chi connectivity index (χ0v) is 38.4. The van der Waals surface area contributed by atoms with Crippen LogP contribution in [0.2, 0.25) is 39.3 Å². The zero-order chi connectivity index (χ0) is 40.6. The van der Waals surface area contributed by atoms with Crippen LogP contribution in [0.1, 0.15) is 75.2 Å². The summed E-state index contributed by atoms with van der Waals surface area (Å²) in [7, 11) is 0.911. The number of rotatable bonds is 12. The molecule has 2 aliphatic rings. The van der Waals surface area contributed by atoms with Crippen LogP contribution in [-0.4, -0.2) is 91.5 Å². The zero-order valence-electron chi connectivity index (χ0n) is 36.4. The number of aliphatic hydroxyl groups is 1. The minimum atomic E-state index is -1.92. The molecule has 0 aromatic rings. The molecule has 0 aromatic heterocycles. The van der Waals surface area contributed by atoms with Crippen LogP contribution in [0, 0.1) is 35.5 Å². The molecule has 2 rings (SSSR count). The molecule has 0 radical (unpaired) electrons. The van der Waals surface area contributed by atoms with Gasteiger partial charge in [-0.15, -0.1) is 0 Å². The molecule has 2 heterocycles. The fourth-order valence-corrected chi connectivity index (χ4v) is 10.5. The molecule has 0 spiro atoms. The predicted molar refractivity (Wildman–Crippen MR) is 219 cm³/mol. The van der Waals surface area contributed by atoms with Crippen LogP contribution in [-0.2, 0) is 37.3 Å². The van der Waals surface area contributed by atoms with Gasteiger partial charge in [0, 0.05) is 38.4 Å². The van der Waals surface area contributed by atoms with E-state index < -0.39 is 58.5 Å². The molecule has 11 heteroatoms. The topological polar surface area (TPSA) is 102 Å². The summed E-state index contributed by atoms with van der Waals surface area (Å²) in [5.41, 5.74) is 2.06. The van der Waals surface area contributed by atoms with Gasteiger partial charge in [-0.25, -0.2) is 4.79 Å². The maximum Gasteiger partial charge on any atom is 0.373 e. The molecule has 0 unspecified atom stereocenters. The van der Waals surface area contributed by atoms with Crippen molar-refractivity contribution in [2.24, 2.45) is 35.5 Å². The monoisotopic (exact) mass is 781 g/mol. The van der Waals surface area contributed by atoms with Crippen LogP contribution in [0.15, 0.2) is 47.3 Å². The standard InChI is InChI=1S/C42H76O9Si2/c1-26(2)38-31(7)36(50-52(13,14)15)25-42(47-12,49-38)33(9)37(43)32(8)40-34(45-10)21-19-20-27(3)22-29(5)39(51-53(16,17)18)30(6)23-28(4)24-35(46-11)41(44)48-40/h19-21,23-24,26,29-34,36-40,43H,22,25H2,1-18H3/b21-19+,27-20+,28-23+,35-24-/t29-,30+,31-,32-,33-,34-,36+,37+,38+,39-,40+,42+/m0/s1. The number of allylic oxidation sites excluding steroid dienone is 5. The molecule has 2 aliphatic heterocycles. The smallest absolute Gasteiger partial charge is 0.373 e. The van der Waals surface area contributed by atoms with Crippen molar-refractivity contribution in [3.8, 4) is 0 Å². The van der Waals surface area contributed by atoms with E-state index >= 15 is 0 Å². The number of hydrogen-bond acceptors (Lipinski definition) is 9. The first-order chi connectivity index (χ1) is 24.4. The number of methoxy groups -OCH3 is 3. The number of carbonyl (C=O) groups is 1. The molecule has 1 fully saturated rings. The van der Waals surface area contributed by atoms with Crippen molar-refractivity contribution < 1.29 is 42.4 Å². The first-order valence-corrected chi connectivity index (χ1v) is 26.5. The predicted octanol–water partition coefficient (Wildman–Crippen LogP) is 9.07. The van der Waals surface area contributed by atoms with Crippen LogP contribution in [0.25, 0.3) is 0 Å². The second-order valence-electron chi connectivity index (χ2n) is 18.1. The van der Waals surface area contributed by atoms with E-state index in [1.165, 1.54) is 12.7 Å². The van der Waals surface area contributed by atoms with Crippen molar-refractivity contribution in [1.29, 1.82) is 0 Å². The third-order valence-corrected chi connectivity index (χ3v) is 12.7. The minimum Gasteiger partial charge on any atom is -0.490 e. The van der Waals surface area contributed by atoms with Crippen molar-refractivity contribution in [3.63, 3.8) is 0 Å². The van der Waals surface area contributed by atoms with Crippen molar-refractivity contribution in [2.45, 2.75) is 157 Å². The molecular weight excluding hydrogens is 705 g/mol. The van der Waals surface area contributed by atoms with Crippen molar-refractivity contribution >= 4 is 22.6 Å². The van der Waals surface area contributed by atoms with E-state index in [1.807, 2.05) is 32.9 Å². The highest BCUT2D eigenvalue weighted by Crippen LogP contribution is 2.45. The van der Waals surface area contributed by atoms with E-state index in [4.69, 9.17) is 32.5 Å². The Morgan fingerprint density at radius 1 is 0.925 bits per heavy atom. The fourth-order valence-electron chi connectivity index (χ4n) is 8.04. The first-order valence-electron chi connectivity index (χ1n) is 19.7. The maximum absolute atomic E-state index is 13.9. The molecule has 1 saturated heterocycles. The number of aliphatic hydroxyl groups excluding tert-OH is 1. The SMILES string of the molecule is CO/C1=C\C(C)=C\[C@@H](C)[C@@H](O[Si](C)(C)C)[C@@H](C)C/C(C)=C/C=C/[C@H](OC)[C@@H]([C@@H](C)[C@@H](O)[C@H](C)[C@@]2(OC)C[C@@H](O[Si](C)(C)C)[C@H](C)[C@@H](C(C)C)O2)OC1=O. The molecule has 0 saturated carbocycles. The van der Waals surface area contributed by atoms with E-state index in [-0.39, 0.29) is 47.7 Å². The van der Waals surface area contributed by atoms with E-state index in [2.05, 4.69) is 93.0 Å². The molecule has 53 heavy (non-hydrogen) atoms. The Balaban J connectivity index is 2.63. The van der Waals surface area contributed by atoms with Gasteiger partial charge in [0.2, 0.25) is 5.76 Å². The Kier molecular flexibility index (Phi) is 18.0. The van der Waals surface area contributed by atoms with Crippen molar-refractivity contribution in [2.75, 3.05) is 21.3 Å². The molecular formula is C42H76O9Si2. The van der Waals surface area contributed by atoms with E-state index in [9.17, 15) is 9.90 Å². The van der Waals surface area contributed by atoms with Crippen LogP contribution in [0.4, 0.5) is 0 Å². The van der Waals surface area contributed by atoms with Gasteiger partial charge in [-0.3, -0.25) is 0 Å². The quantitative estimate of drug-likeness (QED) is 0.154. The Bertz CT molecular complexity index is 1300. The summed E-state index contributed by atoms with van der Waals surface area (Å²) >= 11 is 0. The lowest BCUT2D eigenvalue weighted by Gasteiger charge is -2.53. The fraction of sp³-hybridized carbons (Fsp3) is 0.786. The van der Waals surface area contributed by atoms with Gasteiger partial charge in [0.15, 0.2) is 22.4 Å². The highest BCUT2D eigenvalue weighted by molar-refractivity contribution is 6.70. The summed E-state index contributed by atoms with van der Waals surface area (Å²) in [4.78, 5) is 13.9.